The molecule has 0 atom stereocenters. The van der Waals surface area contributed by atoms with E-state index in [1.54, 1.807) is 0 Å². The second-order valence-electron chi connectivity index (χ2n) is 3.41. The van der Waals surface area contributed by atoms with E-state index in [1.165, 1.54) is 11.3 Å². The lowest BCUT2D eigenvalue weighted by molar-refractivity contribution is 0.0692. The monoisotopic (exact) mass is 375 g/mol. The third-order valence-electron chi connectivity index (χ3n) is 2.24. The summed E-state index contributed by atoms with van der Waals surface area (Å²) in [6.45, 7) is 1.98. The van der Waals surface area contributed by atoms with E-state index in [1.807, 2.05) is 25.1 Å². The first-order valence-electron chi connectivity index (χ1n) is 4.65. The van der Waals surface area contributed by atoms with Crippen molar-refractivity contribution in [3.8, 4) is 10.4 Å². The SMILES string of the molecule is Cc1ccc(-c2sc(Br)nc2C(=O)O)cc1Br. The van der Waals surface area contributed by atoms with Crippen molar-refractivity contribution in [3.63, 3.8) is 0 Å². The zero-order valence-electron chi connectivity index (χ0n) is 8.70. The molecule has 0 saturated heterocycles. The first-order valence-corrected chi connectivity index (χ1v) is 7.05. The minimum absolute atomic E-state index is 0.0811. The molecule has 0 bridgehead atoms. The second kappa shape index (κ2) is 4.88. The number of nitrogens with zero attached hydrogens (tertiary/aromatic N) is 1. The highest BCUT2D eigenvalue weighted by Gasteiger charge is 2.18. The lowest BCUT2D eigenvalue weighted by Gasteiger charge is -2.02. The fraction of sp³-hybridized carbons (Fsp3) is 0.0909. The van der Waals surface area contributed by atoms with E-state index in [0.717, 1.165) is 15.6 Å². The van der Waals surface area contributed by atoms with E-state index in [2.05, 4.69) is 36.8 Å². The van der Waals surface area contributed by atoms with Gasteiger partial charge in [-0.2, -0.15) is 0 Å². The molecule has 2 aromatic rings. The van der Waals surface area contributed by atoms with E-state index in [4.69, 9.17) is 5.11 Å². The van der Waals surface area contributed by atoms with Crippen LogP contribution in [-0.2, 0) is 0 Å². The Morgan fingerprint density at radius 3 is 2.71 bits per heavy atom. The number of benzene rings is 1. The molecule has 0 aliphatic carbocycles. The van der Waals surface area contributed by atoms with E-state index >= 15 is 0 Å². The van der Waals surface area contributed by atoms with E-state index in [9.17, 15) is 4.79 Å². The van der Waals surface area contributed by atoms with Crippen LogP contribution in [0.3, 0.4) is 0 Å². The number of hydrogen-bond acceptors (Lipinski definition) is 3. The standard InChI is InChI=1S/C11H7Br2NO2S/c1-5-2-3-6(4-7(5)12)9-8(10(15)16)14-11(13)17-9/h2-4H,1H3,(H,15,16). The molecule has 0 spiro atoms. The van der Waals surface area contributed by atoms with Crippen molar-refractivity contribution in [2.24, 2.45) is 0 Å². The van der Waals surface area contributed by atoms with E-state index < -0.39 is 5.97 Å². The van der Waals surface area contributed by atoms with Crippen LogP contribution in [0.2, 0.25) is 0 Å². The number of aryl methyl sites for hydroxylation is 1. The molecule has 1 aromatic carbocycles. The van der Waals surface area contributed by atoms with Gasteiger partial charge in [-0.25, -0.2) is 9.78 Å². The Morgan fingerprint density at radius 2 is 2.12 bits per heavy atom. The molecule has 0 aliphatic rings. The van der Waals surface area contributed by atoms with Crippen molar-refractivity contribution >= 4 is 49.2 Å². The molecule has 1 N–H and O–H groups in total. The third kappa shape index (κ3) is 2.59. The summed E-state index contributed by atoms with van der Waals surface area (Å²) in [5.74, 6) is -1.02. The zero-order valence-corrected chi connectivity index (χ0v) is 12.7. The molecule has 3 nitrogen and oxygen atoms in total. The van der Waals surface area contributed by atoms with Crippen LogP contribution in [0, 0.1) is 6.92 Å². The molecule has 2 rings (SSSR count). The topological polar surface area (TPSA) is 50.2 Å². The van der Waals surface area contributed by atoms with Gasteiger partial charge in [0, 0.05) is 4.47 Å². The number of carboxylic acids is 1. The van der Waals surface area contributed by atoms with E-state index in [-0.39, 0.29) is 5.69 Å². The fourth-order valence-corrected chi connectivity index (χ4v) is 3.19. The van der Waals surface area contributed by atoms with Crippen molar-refractivity contribution in [2.75, 3.05) is 0 Å². The Morgan fingerprint density at radius 1 is 1.41 bits per heavy atom. The van der Waals surface area contributed by atoms with Gasteiger partial charge < -0.3 is 5.11 Å². The predicted octanol–water partition coefficient (Wildman–Crippen LogP) is 4.34. The van der Waals surface area contributed by atoms with Crippen LogP contribution < -0.4 is 0 Å². The molecule has 88 valence electrons. The molecule has 0 radical (unpaired) electrons. The Kier molecular flexibility index (Phi) is 3.65. The lowest BCUT2D eigenvalue weighted by Crippen LogP contribution is -1.98. The van der Waals surface area contributed by atoms with Crippen LogP contribution in [0.25, 0.3) is 10.4 Å². The number of carbonyl (C=O) groups is 1. The molecular weight excluding hydrogens is 370 g/mol. The van der Waals surface area contributed by atoms with Gasteiger partial charge >= 0.3 is 5.97 Å². The molecule has 0 amide bonds. The van der Waals surface area contributed by atoms with Gasteiger partial charge in [0.05, 0.1) is 4.88 Å². The molecular formula is C11H7Br2NO2S. The molecule has 1 heterocycles. The van der Waals surface area contributed by atoms with Crippen molar-refractivity contribution in [1.82, 2.24) is 4.98 Å². The smallest absolute Gasteiger partial charge is 0.356 e. The van der Waals surface area contributed by atoms with Gasteiger partial charge in [-0.3, -0.25) is 0 Å². The molecule has 0 fully saturated rings. The van der Waals surface area contributed by atoms with Gasteiger partial charge in [0.1, 0.15) is 0 Å². The molecule has 0 aliphatic heterocycles. The Balaban J connectivity index is 2.59. The van der Waals surface area contributed by atoms with Crippen LogP contribution in [0.5, 0.6) is 0 Å². The maximum Gasteiger partial charge on any atom is 0.356 e. The fourth-order valence-electron chi connectivity index (χ4n) is 1.37. The summed E-state index contributed by atoms with van der Waals surface area (Å²) in [5.41, 5.74) is 2.04. The van der Waals surface area contributed by atoms with Crippen LogP contribution in [0.4, 0.5) is 0 Å². The average Bonchev–Trinajstić information content (AvgIpc) is 2.64. The summed E-state index contributed by atoms with van der Waals surface area (Å²) in [7, 11) is 0. The summed E-state index contributed by atoms with van der Waals surface area (Å²) in [5, 5.41) is 9.08. The Labute approximate surface area is 119 Å². The van der Waals surface area contributed by atoms with Gasteiger partial charge in [0.15, 0.2) is 9.61 Å². The molecule has 0 unspecified atom stereocenters. The van der Waals surface area contributed by atoms with Crippen molar-refractivity contribution in [2.45, 2.75) is 6.92 Å². The quantitative estimate of drug-likeness (QED) is 0.847. The summed E-state index contributed by atoms with van der Waals surface area (Å²) >= 11 is 7.96. The number of aromatic carboxylic acids is 1. The third-order valence-corrected chi connectivity index (χ3v) is 4.65. The van der Waals surface area contributed by atoms with Gasteiger partial charge in [-0.05, 0) is 40.0 Å². The van der Waals surface area contributed by atoms with Gasteiger partial charge in [-0.1, -0.05) is 28.1 Å². The maximum absolute atomic E-state index is 11.1. The van der Waals surface area contributed by atoms with Crippen LogP contribution in [0.15, 0.2) is 26.6 Å². The number of rotatable bonds is 2. The largest absolute Gasteiger partial charge is 0.476 e. The van der Waals surface area contributed by atoms with Crippen LogP contribution >= 0.6 is 43.2 Å². The Bertz CT molecular complexity index is 595. The minimum Gasteiger partial charge on any atom is -0.476 e. The highest BCUT2D eigenvalue weighted by Crippen LogP contribution is 2.34. The molecule has 17 heavy (non-hydrogen) atoms. The van der Waals surface area contributed by atoms with Crippen molar-refractivity contribution < 1.29 is 9.90 Å². The summed E-state index contributed by atoms with van der Waals surface area (Å²) in [4.78, 5) is 15.7. The Hall–Kier alpha value is -0.720. The zero-order chi connectivity index (χ0) is 12.6. The summed E-state index contributed by atoms with van der Waals surface area (Å²) in [6.07, 6.45) is 0. The van der Waals surface area contributed by atoms with Crippen LogP contribution in [0.1, 0.15) is 16.1 Å². The lowest BCUT2D eigenvalue weighted by atomic mass is 10.1. The highest BCUT2D eigenvalue weighted by atomic mass is 79.9. The highest BCUT2D eigenvalue weighted by molar-refractivity contribution is 9.11. The maximum atomic E-state index is 11.1. The normalized spacial score (nSPS) is 10.5. The number of halogens is 2. The first-order chi connectivity index (χ1) is 7.99. The average molecular weight is 377 g/mol. The molecule has 0 saturated carbocycles. The van der Waals surface area contributed by atoms with Crippen molar-refractivity contribution in [1.29, 1.82) is 0 Å². The first kappa shape index (κ1) is 12.7. The predicted molar refractivity (Wildman–Crippen MR) is 74.6 cm³/mol. The minimum atomic E-state index is -1.02. The van der Waals surface area contributed by atoms with Crippen molar-refractivity contribution in [3.05, 3.63) is 37.8 Å². The van der Waals surface area contributed by atoms with Crippen LogP contribution in [-0.4, -0.2) is 16.1 Å². The summed E-state index contributed by atoms with van der Waals surface area (Å²) in [6, 6.07) is 5.74. The number of carboxylic acid groups (broad SMARTS) is 1. The van der Waals surface area contributed by atoms with Gasteiger partial charge in [-0.15, -0.1) is 11.3 Å². The molecule has 1 aromatic heterocycles. The second-order valence-corrected chi connectivity index (χ2v) is 6.54. The van der Waals surface area contributed by atoms with Gasteiger partial charge in [0.25, 0.3) is 0 Å². The number of thiazole rings is 1. The number of hydrogen-bond donors (Lipinski definition) is 1. The number of aromatic nitrogens is 1. The summed E-state index contributed by atoms with van der Waals surface area (Å²) < 4.78 is 1.53. The van der Waals surface area contributed by atoms with Gasteiger partial charge in [0.2, 0.25) is 0 Å². The molecule has 6 heteroatoms. The van der Waals surface area contributed by atoms with E-state index in [0.29, 0.717) is 8.79 Å².